The first-order chi connectivity index (χ1) is 6.32. The van der Waals surface area contributed by atoms with Gasteiger partial charge in [0.2, 0.25) is 0 Å². The fourth-order valence-electron chi connectivity index (χ4n) is 1.32. The molecular weight excluding hydrogens is 180 g/mol. The van der Waals surface area contributed by atoms with Crippen LogP contribution in [-0.4, -0.2) is 18.9 Å². The van der Waals surface area contributed by atoms with Crippen LogP contribution in [0.2, 0.25) is 0 Å². The van der Waals surface area contributed by atoms with E-state index in [0.29, 0.717) is 6.42 Å². The van der Waals surface area contributed by atoms with Crippen molar-refractivity contribution in [2.45, 2.75) is 40.5 Å². The molecule has 0 N–H and O–H groups in total. The number of hydrogen-bond donors (Lipinski definition) is 0. The molecule has 0 aromatic carbocycles. The quantitative estimate of drug-likeness (QED) is 0.653. The van der Waals surface area contributed by atoms with Crippen LogP contribution < -0.4 is 0 Å². The smallest absolute Gasteiger partial charge is 0.306 e. The number of Topliss-reactive ketones (excluding diaryl/α,β-unsaturated/α-hetero) is 1. The average molecular weight is 200 g/mol. The van der Waals surface area contributed by atoms with E-state index in [1.54, 1.807) is 0 Å². The molecule has 0 saturated carbocycles. The number of carbonyl (C=O) groups excluding carboxylic acids is 2. The molecule has 0 rings (SSSR count). The fourth-order valence-corrected chi connectivity index (χ4v) is 1.32. The standard InChI is InChI=1S/C11H20O3/c1-6-8(7-9(12)14-5)10(13)11(2,3)4/h8H,6-7H2,1-5H3/t8-/m1/s1. The van der Waals surface area contributed by atoms with Gasteiger partial charge in [0.1, 0.15) is 5.78 Å². The Kier molecular flexibility index (Phi) is 4.81. The second kappa shape index (κ2) is 5.13. The van der Waals surface area contributed by atoms with Gasteiger partial charge in [0.05, 0.1) is 13.5 Å². The molecule has 0 spiro atoms. The van der Waals surface area contributed by atoms with Crippen molar-refractivity contribution in [3.05, 3.63) is 0 Å². The van der Waals surface area contributed by atoms with E-state index in [1.807, 2.05) is 27.7 Å². The van der Waals surface area contributed by atoms with Crippen LogP contribution in [0.4, 0.5) is 0 Å². The molecule has 1 atom stereocenters. The molecule has 0 aliphatic heterocycles. The summed E-state index contributed by atoms with van der Waals surface area (Å²) >= 11 is 0. The van der Waals surface area contributed by atoms with Gasteiger partial charge in [-0.15, -0.1) is 0 Å². The van der Waals surface area contributed by atoms with Crippen molar-refractivity contribution >= 4 is 11.8 Å². The third-order valence-corrected chi connectivity index (χ3v) is 2.24. The second-order valence-electron chi connectivity index (χ2n) is 4.50. The van der Waals surface area contributed by atoms with Crippen molar-refractivity contribution in [2.24, 2.45) is 11.3 Å². The van der Waals surface area contributed by atoms with Gasteiger partial charge in [0, 0.05) is 11.3 Å². The van der Waals surface area contributed by atoms with Gasteiger partial charge < -0.3 is 4.74 Å². The van der Waals surface area contributed by atoms with Gasteiger partial charge in [-0.05, 0) is 6.42 Å². The van der Waals surface area contributed by atoms with Crippen molar-refractivity contribution in [1.29, 1.82) is 0 Å². The molecule has 0 amide bonds. The maximum atomic E-state index is 11.8. The maximum Gasteiger partial charge on any atom is 0.306 e. The molecule has 0 aromatic heterocycles. The molecule has 3 heteroatoms. The molecule has 0 fully saturated rings. The van der Waals surface area contributed by atoms with Crippen LogP contribution in [0, 0.1) is 11.3 Å². The number of methoxy groups -OCH3 is 1. The van der Waals surface area contributed by atoms with Crippen LogP contribution in [0.15, 0.2) is 0 Å². The van der Waals surface area contributed by atoms with Gasteiger partial charge in [-0.2, -0.15) is 0 Å². The van der Waals surface area contributed by atoms with Gasteiger partial charge in [-0.3, -0.25) is 9.59 Å². The summed E-state index contributed by atoms with van der Waals surface area (Å²) in [6, 6.07) is 0. The zero-order valence-electron chi connectivity index (χ0n) is 9.72. The Balaban J connectivity index is 4.42. The molecule has 0 saturated heterocycles. The minimum absolute atomic E-state index is 0.130. The number of carbonyl (C=O) groups is 2. The normalized spacial score (nSPS) is 13.5. The number of hydrogen-bond acceptors (Lipinski definition) is 3. The summed E-state index contributed by atoms with van der Waals surface area (Å²) in [5, 5.41) is 0. The molecule has 14 heavy (non-hydrogen) atoms. The molecule has 0 radical (unpaired) electrons. The monoisotopic (exact) mass is 200 g/mol. The van der Waals surface area contributed by atoms with Crippen molar-refractivity contribution < 1.29 is 14.3 Å². The molecule has 82 valence electrons. The van der Waals surface area contributed by atoms with E-state index < -0.39 is 0 Å². The highest BCUT2D eigenvalue weighted by molar-refractivity contribution is 5.89. The molecule has 0 aliphatic carbocycles. The second-order valence-corrected chi connectivity index (χ2v) is 4.50. The van der Waals surface area contributed by atoms with E-state index in [9.17, 15) is 9.59 Å². The third-order valence-electron chi connectivity index (χ3n) is 2.24. The number of rotatable bonds is 4. The van der Waals surface area contributed by atoms with Crippen LogP contribution in [0.5, 0.6) is 0 Å². The van der Waals surface area contributed by atoms with Gasteiger partial charge in [0.15, 0.2) is 0 Å². The molecule has 0 bridgehead atoms. The summed E-state index contributed by atoms with van der Waals surface area (Å²) in [4.78, 5) is 22.9. The Labute approximate surface area is 85.8 Å². The van der Waals surface area contributed by atoms with Gasteiger partial charge in [0.25, 0.3) is 0 Å². The average Bonchev–Trinajstić information content (AvgIpc) is 2.11. The summed E-state index contributed by atoms with van der Waals surface area (Å²) in [5.41, 5.74) is -0.380. The molecular formula is C11H20O3. The summed E-state index contributed by atoms with van der Waals surface area (Å²) in [7, 11) is 1.34. The summed E-state index contributed by atoms with van der Waals surface area (Å²) in [6.07, 6.45) is 0.883. The minimum Gasteiger partial charge on any atom is -0.469 e. The molecule has 0 aliphatic rings. The van der Waals surface area contributed by atoms with Gasteiger partial charge in [-0.1, -0.05) is 27.7 Å². The van der Waals surface area contributed by atoms with Crippen LogP contribution >= 0.6 is 0 Å². The molecule has 0 unspecified atom stereocenters. The Bertz CT molecular complexity index is 213. The van der Waals surface area contributed by atoms with Gasteiger partial charge in [-0.25, -0.2) is 0 Å². The van der Waals surface area contributed by atoms with E-state index in [-0.39, 0.29) is 29.5 Å². The highest BCUT2D eigenvalue weighted by Crippen LogP contribution is 2.24. The Morgan fingerprint density at radius 1 is 1.29 bits per heavy atom. The maximum absolute atomic E-state index is 11.8. The highest BCUT2D eigenvalue weighted by atomic mass is 16.5. The lowest BCUT2D eigenvalue weighted by Gasteiger charge is -2.22. The first-order valence-electron chi connectivity index (χ1n) is 4.94. The highest BCUT2D eigenvalue weighted by Gasteiger charge is 2.29. The van der Waals surface area contributed by atoms with E-state index in [2.05, 4.69) is 4.74 Å². The van der Waals surface area contributed by atoms with E-state index in [4.69, 9.17) is 0 Å². The lowest BCUT2D eigenvalue weighted by Crippen LogP contribution is -2.29. The Morgan fingerprint density at radius 2 is 1.79 bits per heavy atom. The first kappa shape index (κ1) is 13.1. The number of ketones is 1. The van der Waals surface area contributed by atoms with Crippen molar-refractivity contribution in [3.8, 4) is 0 Å². The Morgan fingerprint density at radius 3 is 2.07 bits per heavy atom. The van der Waals surface area contributed by atoms with Crippen molar-refractivity contribution in [1.82, 2.24) is 0 Å². The fraction of sp³-hybridized carbons (Fsp3) is 0.818. The SMILES string of the molecule is CC[C@H](CC(=O)OC)C(=O)C(C)(C)C. The number of esters is 1. The topological polar surface area (TPSA) is 43.4 Å². The van der Waals surface area contributed by atoms with Crippen LogP contribution in [-0.2, 0) is 14.3 Å². The van der Waals surface area contributed by atoms with Crippen molar-refractivity contribution in [2.75, 3.05) is 7.11 Å². The van der Waals surface area contributed by atoms with Crippen molar-refractivity contribution in [3.63, 3.8) is 0 Å². The zero-order chi connectivity index (χ0) is 11.4. The largest absolute Gasteiger partial charge is 0.469 e. The van der Waals surface area contributed by atoms with Crippen LogP contribution in [0.1, 0.15) is 40.5 Å². The summed E-state index contributed by atoms with van der Waals surface area (Å²) in [5.74, 6) is -0.387. The predicted molar refractivity (Wildman–Crippen MR) is 54.9 cm³/mol. The van der Waals surface area contributed by atoms with E-state index >= 15 is 0 Å². The molecule has 3 nitrogen and oxygen atoms in total. The summed E-state index contributed by atoms with van der Waals surface area (Å²) in [6.45, 7) is 7.52. The van der Waals surface area contributed by atoms with Crippen LogP contribution in [0.3, 0.4) is 0 Å². The molecule has 0 heterocycles. The zero-order valence-corrected chi connectivity index (χ0v) is 9.72. The molecule has 0 aromatic rings. The van der Waals surface area contributed by atoms with Gasteiger partial charge >= 0.3 is 5.97 Å². The Hall–Kier alpha value is -0.860. The van der Waals surface area contributed by atoms with E-state index in [1.165, 1.54) is 7.11 Å². The minimum atomic E-state index is -0.380. The van der Waals surface area contributed by atoms with E-state index in [0.717, 1.165) is 0 Å². The van der Waals surface area contributed by atoms with Crippen LogP contribution in [0.25, 0.3) is 0 Å². The third kappa shape index (κ3) is 3.90. The number of ether oxygens (including phenoxy) is 1. The predicted octanol–water partition coefficient (Wildman–Crippen LogP) is 2.19. The first-order valence-corrected chi connectivity index (χ1v) is 4.94. The lowest BCUT2D eigenvalue weighted by molar-refractivity contribution is -0.145. The summed E-state index contributed by atoms with van der Waals surface area (Å²) < 4.78 is 4.55. The lowest BCUT2D eigenvalue weighted by atomic mass is 9.80.